The second-order valence-corrected chi connectivity index (χ2v) is 6.77. The number of carbonyl (C=O) groups excluding carboxylic acids is 2. The molecule has 1 amide bonds. The Labute approximate surface area is 122 Å². The summed E-state index contributed by atoms with van der Waals surface area (Å²) in [5.74, 6) is -0.448. The van der Waals surface area contributed by atoms with Gasteiger partial charge in [0.15, 0.2) is 0 Å². The van der Waals surface area contributed by atoms with Gasteiger partial charge in [-0.05, 0) is 39.7 Å². The molecule has 2 N–H and O–H groups in total. The van der Waals surface area contributed by atoms with Crippen molar-refractivity contribution in [2.24, 2.45) is 11.8 Å². The fourth-order valence-electron chi connectivity index (χ4n) is 1.87. The summed E-state index contributed by atoms with van der Waals surface area (Å²) in [5.41, 5.74) is -0.560. The predicted octanol–water partition coefficient (Wildman–Crippen LogP) is 1.71. The van der Waals surface area contributed by atoms with Crippen LogP contribution in [0.5, 0.6) is 0 Å². The molecule has 0 rings (SSSR count). The van der Waals surface area contributed by atoms with Crippen molar-refractivity contribution >= 4 is 11.9 Å². The van der Waals surface area contributed by atoms with Crippen molar-refractivity contribution in [2.45, 2.75) is 66.2 Å². The van der Waals surface area contributed by atoms with Gasteiger partial charge in [-0.3, -0.25) is 4.79 Å². The van der Waals surface area contributed by atoms with E-state index in [2.05, 4.69) is 10.6 Å². The molecule has 0 aromatic carbocycles. The highest BCUT2D eigenvalue weighted by molar-refractivity contribution is 5.88. The number of hydrogen-bond acceptors (Lipinski definition) is 4. The maximum Gasteiger partial charge on any atom is 0.329 e. The lowest BCUT2D eigenvalue weighted by atomic mass is 10.0. The molecular weight excluding hydrogens is 256 g/mol. The van der Waals surface area contributed by atoms with Crippen LogP contribution in [-0.2, 0) is 14.3 Å². The van der Waals surface area contributed by atoms with Crippen molar-refractivity contribution in [2.75, 3.05) is 7.05 Å². The standard InChI is InChI=1S/C15H30N2O3/c1-9(2)11(16-8)13(18)17-12(10(3)4)14(19)20-15(5,6)7/h9-12,16H,1-8H3,(H,17,18)/t11-,12-/m0/s1. The molecule has 5 nitrogen and oxygen atoms in total. The maximum atomic E-state index is 12.2. The van der Waals surface area contributed by atoms with Gasteiger partial charge in [0.25, 0.3) is 0 Å². The highest BCUT2D eigenvalue weighted by atomic mass is 16.6. The number of likely N-dealkylation sites (N-methyl/N-ethyl adjacent to an activating group) is 1. The summed E-state index contributed by atoms with van der Waals surface area (Å²) in [6.45, 7) is 13.1. The highest BCUT2D eigenvalue weighted by Crippen LogP contribution is 2.13. The van der Waals surface area contributed by atoms with E-state index >= 15 is 0 Å². The Kier molecular flexibility index (Phi) is 7.20. The Morgan fingerprint density at radius 1 is 0.950 bits per heavy atom. The van der Waals surface area contributed by atoms with Gasteiger partial charge in [0.2, 0.25) is 5.91 Å². The molecule has 0 unspecified atom stereocenters. The quantitative estimate of drug-likeness (QED) is 0.730. The molecule has 118 valence electrons. The fraction of sp³-hybridized carbons (Fsp3) is 0.867. The van der Waals surface area contributed by atoms with Gasteiger partial charge in [0, 0.05) is 0 Å². The van der Waals surface area contributed by atoms with Crippen LogP contribution in [0.2, 0.25) is 0 Å². The summed E-state index contributed by atoms with van der Waals surface area (Å²) in [7, 11) is 1.74. The van der Waals surface area contributed by atoms with Crippen LogP contribution in [0, 0.1) is 11.8 Å². The molecule has 0 spiro atoms. The minimum absolute atomic E-state index is 0.0292. The lowest BCUT2D eigenvalue weighted by Crippen LogP contribution is -2.54. The number of rotatable bonds is 6. The summed E-state index contributed by atoms with van der Waals surface area (Å²) in [6.07, 6.45) is 0. The van der Waals surface area contributed by atoms with Crippen molar-refractivity contribution in [3.8, 4) is 0 Å². The third-order valence-electron chi connectivity index (χ3n) is 2.89. The molecule has 0 radical (unpaired) electrons. The maximum absolute atomic E-state index is 12.2. The summed E-state index contributed by atoms with van der Waals surface area (Å²) in [6, 6.07) is -0.949. The van der Waals surface area contributed by atoms with E-state index in [0.29, 0.717) is 0 Å². The fourth-order valence-corrected chi connectivity index (χ4v) is 1.87. The molecular formula is C15H30N2O3. The second-order valence-electron chi connectivity index (χ2n) is 6.77. The molecule has 0 aliphatic heterocycles. The third-order valence-corrected chi connectivity index (χ3v) is 2.89. The third kappa shape index (κ3) is 6.37. The van der Waals surface area contributed by atoms with Crippen molar-refractivity contribution in [1.82, 2.24) is 10.6 Å². The van der Waals surface area contributed by atoms with Gasteiger partial charge in [-0.1, -0.05) is 27.7 Å². The Morgan fingerprint density at radius 2 is 1.40 bits per heavy atom. The van der Waals surface area contributed by atoms with E-state index in [-0.39, 0.29) is 29.8 Å². The van der Waals surface area contributed by atoms with Gasteiger partial charge >= 0.3 is 5.97 Å². The lowest BCUT2D eigenvalue weighted by Gasteiger charge is -2.28. The summed E-state index contributed by atoms with van der Waals surface area (Å²) < 4.78 is 5.36. The van der Waals surface area contributed by atoms with E-state index in [1.165, 1.54) is 0 Å². The average Bonchev–Trinajstić information content (AvgIpc) is 2.23. The van der Waals surface area contributed by atoms with Gasteiger partial charge in [-0.15, -0.1) is 0 Å². The van der Waals surface area contributed by atoms with Crippen LogP contribution >= 0.6 is 0 Å². The Balaban J connectivity index is 4.87. The Morgan fingerprint density at radius 3 is 1.70 bits per heavy atom. The summed E-state index contributed by atoms with van der Waals surface area (Å²) >= 11 is 0. The molecule has 5 heteroatoms. The zero-order valence-corrected chi connectivity index (χ0v) is 14.0. The van der Waals surface area contributed by atoms with Crippen molar-refractivity contribution in [3.63, 3.8) is 0 Å². The van der Waals surface area contributed by atoms with Crippen LogP contribution in [0.1, 0.15) is 48.5 Å². The molecule has 0 heterocycles. The Bertz CT molecular complexity index is 333. The molecule has 0 aromatic heterocycles. The SMILES string of the molecule is CN[C@H](C(=O)N[C@H](C(=O)OC(C)(C)C)C(C)C)C(C)C. The van der Waals surface area contributed by atoms with Crippen LogP contribution in [0.4, 0.5) is 0 Å². The minimum Gasteiger partial charge on any atom is -0.458 e. The van der Waals surface area contributed by atoms with E-state index in [1.54, 1.807) is 7.05 Å². The van der Waals surface area contributed by atoms with Gasteiger partial charge in [0.05, 0.1) is 6.04 Å². The number of nitrogens with one attached hydrogen (secondary N) is 2. The normalized spacial score (nSPS) is 15.1. The summed E-state index contributed by atoms with van der Waals surface area (Å²) in [5, 5.41) is 5.76. The molecule has 0 aliphatic rings. The van der Waals surface area contributed by atoms with Crippen molar-refractivity contribution in [1.29, 1.82) is 0 Å². The monoisotopic (exact) mass is 286 g/mol. The average molecular weight is 286 g/mol. The molecule has 0 saturated carbocycles. The first kappa shape index (κ1) is 18.9. The van der Waals surface area contributed by atoms with Crippen LogP contribution in [0.15, 0.2) is 0 Å². The first-order valence-electron chi connectivity index (χ1n) is 7.20. The van der Waals surface area contributed by atoms with Gasteiger partial charge in [-0.25, -0.2) is 4.79 Å². The number of hydrogen-bond donors (Lipinski definition) is 2. The zero-order valence-electron chi connectivity index (χ0n) is 14.0. The zero-order chi connectivity index (χ0) is 16.1. The van der Waals surface area contributed by atoms with Crippen LogP contribution in [-0.4, -0.2) is 36.6 Å². The second kappa shape index (κ2) is 7.62. The molecule has 0 bridgehead atoms. The minimum atomic E-state index is -0.628. The first-order valence-corrected chi connectivity index (χ1v) is 7.20. The molecule has 20 heavy (non-hydrogen) atoms. The van der Waals surface area contributed by atoms with E-state index < -0.39 is 11.6 Å². The molecule has 0 saturated heterocycles. The number of esters is 1. The van der Waals surface area contributed by atoms with Crippen LogP contribution < -0.4 is 10.6 Å². The first-order chi connectivity index (χ1) is 8.99. The lowest BCUT2D eigenvalue weighted by molar-refractivity contribution is -0.160. The molecule has 0 aromatic rings. The Hall–Kier alpha value is -1.10. The molecule has 0 fully saturated rings. The highest BCUT2D eigenvalue weighted by Gasteiger charge is 2.31. The molecule has 2 atom stereocenters. The summed E-state index contributed by atoms with van der Waals surface area (Å²) in [4.78, 5) is 24.4. The van der Waals surface area contributed by atoms with Crippen LogP contribution in [0.25, 0.3) is 0 Å². The number of amides is 1. The van der Waals surface area contributed by atoms with Crippen molar-refractivity contribution < 1.29 is 14.3 Å². The predicted molar refractivity (Wildman–Crippen MR) is 80.3 cm³/mol. The number of ether oxygens (including phenoxy) is 1. The van der Waals surface area contributed by atoms with E-state index in [4.69, 9.17) is 4.74 Å². The largest absolute Gasteiger partial charge is 0.458 e. The van der Waals surface area contributed by atoms with Crippen molar-refractivity contribution in [3.05, 3.63) is 0 Å². The van der Waals surface area contributed by atoms with E-state index in [9.17, 15) is 9.59 Å². The topological polar surface area (TPSA) is 67.4 Å². The van der Waals surface area contributed by atoms with E-state index in [1.807, 2.05) is 48.5 Å². The van der Waals surface area contributed by atoms with Gasteiger partial charge < -0.3 is 15.4 Å². The van der Waals surface area contributed by atoms with Gasteiger partial charge in [-0.2, -0.15) is 0 Å². The number of carbonyl (C=O) groups is 2. The van der Waals surface area contributed by atoms with E-state index in [0.717, 1.165) is 0 Å². The van der Waals surface area contributed by atoms with Gasteiger partial charge in [0.1, 0.15) is 11.6 Å². The smallest absolute Gasteiger partial charge is 0.329 e. The van der Waals surface area contributed by atoms with Crippen LogP contribution in [0.3, 0.4) is 0 Å². The molecule has 0 aliphatic carbocycles.